The minimum absolute atomic E-state index is 0.0210. The molecule has 0 spiro atoms. The average Bonchev–Trinajstić information content (AvgIpc) is 0.914. The van der Waals surface area contributed by atoms with Gasteiger partial charge in [0.05, 0.1) is 70.2 Å². The first-order chi connectivity index (χ1) is 71.5. The van der Waals surface area contributed by atoms with Crippen LogP contribution in [0.2, 0.25) is 0 Å². The number of benzene rings is 2. The maximum absolute atomic E-state index is 15.2. The number of carbonyl (C=O) groups is 4. The first-order valence-electron chi connectivity index (χ1n) is 55.2. The van der Waals surface area contributed by atoms with Gasteiger partial charge >= 0.3 is 36.6 Å². The number of nitrogens with zero attached hydrogens (tertiary/aromatic N) is 8. The smallest absolute Gasteiger partial charge is 0.389 e. The molecule has 0 radical (unpaired) electrons. The van der Waals surface area contributed by atoms with Crippen LogP contribution < -0.4 is 47.5 Å². The maximum atomic E-state index is 15.2. The third-order valence-electron chi connectivity index (χ3n) is 26.9. The molecule has 3 amide bonds. The number of esters is 1. The van der Waals surface area contributed by atoms with Crippen molar-refractivity contribution in [2.24, 2.45) is 0 Å². The topological polar surface area (TPSA) is 405 Å². The van der Waals surface area contributed by atoms with Crippen molar-refractivity contribution in [1.29, 1.82) is 0 Å². The molecule has 822 valence electrons. The van der Waals surface area contributed by atoms with Crippen LogP contribution in [0.3, 0.4) is 0 Å². The third kappa shape index (κ3) is 48.2. The van der Waals surface area contributed by atoms with Crippen LogP contribution in [0.5, 0.6) is 17.2 Å². The van der Waals surface area contributed by atoms with Crippen LogP contribution in [0.25, 0.3) is 9.69 Å². The number of amides is 3. The standard InChI is InChI=1S/C109H171N11O23P2S2/c1-8-11-14-17-20-23-26-29-32-35-38-41-44-47-50-56-70-133-91-76-87(77-92(134-71-57-51-48-45-42-39-36-33-30-27-24-21-18-15-12-9-2)103(91)136-72-58-52-49-46-43-40-37-34-31-28-25-22-19-16-13-10-3)106(127)117(7)69-73-135-102(124)62-61-98(123)112-96-63-67-118(107(128)114-96)99-78-88(122)94(140-99)83-137-144(131,146-74-65-110-5)143-90-80-101(120-81-85(4)104(125)116-109(120)130)141-95(90)84-138-145(132,147-75-66-111-6)142-89-79-100(139-93(89)82-121)119-68-64-97(115-108(119)129)113-105(126)86-59-54-53-55-60-86/h53-55,59-60,63-64,67-68,76-77,81,88-90,93-95,99-101,121-122H,8-52,56-58,61-62,65-66,69-75,78-80,82-84H2,1-4,7H3,(H,116,125,130)(H,112,114,123,128)(H,113,115,126,129)/t88?,89?,90?,93-,94-,95-,99-,100-,101-,144?,145?/m1/s1. The molecule has 5 unspecified atom stereocenters. The quantitative estimate of drug-likeness (QED) is 0.0104. The van der Waals surface area contributed by atoms with Gasteiger partial charge < -0.3 is 68.6 Å². The number of hydrogen-bond acceptors (Lipinski definition) is 27. The van der Waals surface area contributed by atoms with Gasteiger partial charge in [-0.25, -0.2) is 36.7 Å². The number of H-pyrrole nitrogens is 1. The average molecular weight is 2130 g/mol. The molecule has 0 aliphatic carbocycles. The van der Waals surface area contributed by atoms with Crippen LogP contribution in [-0.4, -0.2) is 189 Å². The molecular formula is C109H171N11O23P2S2. The number of likely N-dealkylation sites (N-methyl/N-ethyl adjacent to an activating group) is 1. The van der Waals surface area contributed by atoms with E-state index in [-0.39, 0.29) is 93.0 Å². The molecular weight excluding hydrogens is 1960 g/mol. The molecule has 6 heterocycles. The summed E-state index contributed by atoms with van der Waals surface area (Å²) < 4.78 is 102. The zero-order valence-electron chi connectivity index (χ0n) is 88.3. The number of aryl methyl sites for hydroxylation is 1. The van der Waals surface area contributed by atoms with E-state index in [1.54, 1.807) is 49.5 Å². The summed E-state index contributed by atoms with van der Waals surface area (Å²) in [4.78, 5) is 126. The van der Waals surface area contributed by atoms with E-state index in [1.165, 1.54) is 293 Å². The van der Waals surface area contributed by atoms with Crippen molar-refractivity contribution in [3.05, 3.63) is 155 Å². The van der Waals surface area contributed by atoms with E-state index >= 15 is 9.13 Å². The minimum atomic E-state index is -4.55. The van der Waals surface area contributed by atoms with Crippen molar-refractivity contribution >= 4 is 71.7 Å². The predicted octanol–water partition coefficient (Wildman–Crippen LogP) is 24.1. The lowest BCUT2D eigenvalue weighted by atomic mass is 10.0. The predicted molar refractivity (Wildman–Crippen MR) is 578 cm³/mol. The van der Waals surface area contributed by atoms with E-state index in [1.807, 2.05) is 0 Å². The molecule has 11 atom stereocenters. The summed E-state index contributed by atoms with van der Waals surface area (Å²) in [5, 5.41) is 27.1. The summed E-state index contributed by atoms with van der Waals surface area (Å²) in [6.07, 6.45) is 51.5. The number of carbonyl (C=O) groups excluding carboxylic acids is 4. The molecule has 3 aromatic heterocycles. The van der Waals surface area contributed by atoms with Gasteiger partial charge in [0.15, 0.2) is 11.5 Å². The first kappa shape index (κ1) is 124. The van der Waals surface area contributed by atoms with Crippen molar-refractivity contribution in [2.75, 3.05) is 95.1 Å². The molecule has 0 bridgehead atoms. The zero-order chi connectivity index (χ0) is 105. The summed E-state index contributed by atoms with van der Waals surface area (Å²) in [6, 6.07) is 14.5. The number of hydrogen-bond donors (Lipinski definition) is 5. The largest absolute Gasteiger partial charge is 0.490 e. The van der Waals surface area contributed by atoms with Crippen LogP contribution in [0.1, 0.15) is 406 Å². The molecule has 147 heavy (non-hydrogen) atoms. The highest BCUT2D eigenvalue weighted by Crippen LogP contribution is 2.65. The van der Waals surface area contributed by atoms with E-state index in [0.29, 0.717) is 71.0 Å². The number of aromatic nitrogens is 6. The van der Waals surface area contributed by atoms with Crippen LogP contribution in [0, 0.1) is 20.1 Å². The molecule has 2 aromatic carbocycles. The van der Waals surface area contributed by atoms with Gasteiger partial charge in [-0.15, -0.1) is 0 Å². The number of nitrogens with one attached hydrogen (secondary N) is 3. The van der Waals surface area contributed by atoms with Crippen molar-refractivity contribution in [3.63, 3.8) is 0 Å². The summed E-state index contributed by atoms with van der Waals surface area (Å²) in [5.41, 5.74) is -2.54. The lowest BCUT2D eigenvalue weighted by molar-refractivity contribution is -0.144. The van der Waals surface area contributed by atoms with E-state index in [0.717, 1.165) is 71.5 Å². The number of anilines is 2. The number of aromatic amines is 1. The molecule has 3 fully saturated rings. The van der Waals surface area contributed by atoms with Crippen molar-refractivity contribution in [2.45, 2.75) is 423 Å². The Morgan fingerprint density at radius 3 is 1.31 bits per heavy atom. The monoisotopic (exact) mass is 2130 g/mol. The highest BCUT2D eigenvalue weighted by Gasteiger charge is 2.48. The van der Waals surface area contributed by atoms with E-state index < -0.39 is 129 Å². The lowest BCUT2D eigenvalue weighted by Gasteiger charge is -2.27. The van der Waals surface area contributed by atoms with E-state index in [4.69, 9.17) is 64.4 Å². The van der Waals surface area contributed by atoms with Gasteiger partial charge in [0.25, 0.3) is 17.4 Å². The highest BCUT2D eigenvalue weighted by atomic mass is 32.7. The van der Waals surface area contributed by atoms with Crippen LogP contribution in [0.15, 0.2) is 92.4 Å². The fourth-order valence-electron chi connectivity index (χ4n) is 18.2. The van der Waals surface area contributed by atoms with Crippen molar-refractivity contribution < 1.29 is 89.8 Å². The fraction of sp³-hybridized carbons (Fsp3) is 0.725. The van der Waals surface area contributed by atoms with Crippen LogP contribution >= 0.6 is 36.4 Å². The first-order valence-corrected chi connectivity index (χ1v) is 61.5. The fourth-order valence-corrected chi connectivity index (χ4v) is 24.8. The Morgan fingerprint density at radius 1 is 0.497 bits per heavy atom. The van der Waals surface area contributed by atoms with Gasteiger partial charge in [-0.3, -0.25) is 60.8 Å². The van der Waals surface area contributed by atoms with Gasteiger partial charge in [-0.2, -0.15) is 9.97 Å². The van der Waals surface area contributed by atoms with Crippen LogP contribution in [0.4, 0.5) is 11.6 Å². The second kappa shape index (κ2) is 73.2. The third-order valence-corrected chi connectivity index (χ3v) is 34.4. The van der Waals surface area contributed by atoms with Crippen LogP contribution in [-0.2, 0) is 55.8 Å². The van der Waals surface area contributed by atoms with E-state index in [2.05, 4.69) is 56.0 Å². The van der Waals surface area contributed by atoms with Gasteiger partial charge in [0, 0.05) is 68.0 Å². The highest BCUT2D eigenvalue weighted by molar-refractivity contribution is 8.55. The Bertz CT molecular complexity index is 4980. The summed E-state index contributed by atoms with van der Waals surface area (Å²) in [6.45, 7) is 13.1. The lowest BCUT2D eigenvalue weighted by Crippen LogP contribution is -2.33. The second-order valence-corrected chi connectivity index (χ2v) is 47.4. The van der Waals surface area contributed by atoms with Gasteiger partial charge in [0.1, 0.15) is 67.4 Å². The Labute approximate surface area is 879 Å². The Balaban J connectivity index is 0.847. The molecule has 5 aromatic rings. The Morgan fingerprint density at radius 2 is 0.884 bits per heavy atom. The molecule has 38 heteroatoms. The van der Waals surface area contributed by atoms with Gasteiger partial charge in [-0.1, -0.05) is 328 Å². The number of rotatable bonds is 84. The SMILES string of the molecule is [C-]#[N+]CCSP(=O)(OC[C@H]1O[C@@H](n2cc(C)c(=O)[nH]c2=O)CC1OP(=O)(OC[C@H]1O[C@@H](n2ccc(NC(=O)CCC(=O)OCCN(C)C(=O)c3cc(OCCCCCCCCCCCCCCCCCC)c(OCCCCCCCCCCCCCCCCCC)c(OCCCCCCCCCCCCCCCCCC)c3)nc2=O)CC1O)SCC[N+]#[C-])OC1C[C@H](n2ccc(NC(=O)c3ccccc3)nc2=O)O[C@@H]1CO. The van der Waals surface area contributed by atoms with E-state index in [9.17, 15) is 48.6 Å². The van der Waals surface area contributed by atoms with Crippen molar-refractivity contribution in [1.82, 2.24) is 33.6 Å². The van der Waals surface area contributed by atoms with Crippen molar-refractivity contribution in [3.8, 4) is 17.2 Å². The molecule has 8 rings (SSSR count). The summed E-state index contributed by atoms with van der Waals surface area (Å²) in [7, 11) is 1.63. The Hall–Kier alpha value is -8.06. The molecule has 3 aliphatic heterocycles. The number of aliphatic hydroxyl groups is 2. The second-order valence-electron chi connectivity index (χ2n) is 39.1. The normalized spacial score (nSPS) is 18.4. The molecule has 34 nitrogen and oxygen atoms in total. The number of aliphatic hydroxyl groups excluding tert-OH is 2. The minimum Gasteiger partial charge on any atom is -0.490 e. The zero-order valence-corrected chi connectivity index (χ0v) is 91.8. The molecule has 3 aliphatic rings. The van der Waals surface area contributed by atoms with Gasteiger partial charge in [-0.05, 0) is 85.3 Å². The number of unbranched alkanes of at least 4 members (excludes halogenated alkanes) is 45. The summed E-state index contributed by atoms with van der Waals surface area (Å²) in [5.74, 6) is -1.21. The summed E-state index contributed by atoms with van der Waals surface area (Å²) >= 11 is 1.27. The molecule has 5 N–H and O–H groups in total. The van der Waals surface area contributed by atoms with Gasteiger partial charge in [0.2, 0.25) is 24.7 Å². The Kier molecular flexibility index (Phi) is 61.8. The molecule has 3 saturated heterocycles. The molecule has 0 saturated carbocycles. The number of ether oxygens (including phenoxy) is 7. The maximum Gasteiger partial charge on any atom is 0.389 e.